The van der Waals surface area contributed by atoms with Crippen molar-refractivity contribution in [3.63, 3.8) is 0 Å². The van der Waals surface area contributed by atoms with Gasteiger partial charge in [0.15, 0.2) is 0 Å². The number of halogens is 1. The monoisotopic (exact) mass is 298 g/mol. The Morgan fingerprint density at radius 3 is 2.88 bits per heavy atom. The Kier molecular flexibility index (Phi) is 4.53. The summed E-state index contributed by atoms with van der Waals surface area (Å²) in [4.78, 5) is 16.9. The van der Waals surface area contributed by atoms with Crippen LogP contribution in [-0.2, 0) is 16.1 Å². The fourth-order valence-corrected chi connectivity index (χ4v) is 1.97. The summed E-state index contributed by atoms with van der Waals surface area (Å²) < 4.78 is 1.01. The van der Waals surface area contributed by atoms with Crippen LogP contribution in [0.3, 0.4) is 0 Å². The number of benzene rings is 1. The van der Waals surface area contributed by atoms with E-state index in [2.05, 4.69) is 26.7 Å². The van der Waals surface area contributed by atoms with Crippen molar-refractivity contribution in [1.82, 2.24) is 10.8 Å². The van der Waals surface area contributed by atoms with Gasteiger partial charge in [-0.1, -0.05) is 28.1 Å². The molecule has 92 valence electrons. The molecule has 0 spiro atoms. The van der Waals surface area contributed by atoms with Crippen molar-refractivity contribution in [2.75, 3.05) is 13.1 Å². The van der Waals surface area contributed by atoms with Gasteiger partial charge in [0, 0.05) is 11.0 Å². The molecular formula is C12H15BrN2O2. The third kappa shape index (κ3) is 4.11. The molecule has 4 nitrogen and oxygen atoms in total. The number of nitrogens with one attached hydrogen (secondary N) is 2. The van der Waals surface area contributed by atoms with Crippen LogP contribution in [0.2, 0.25) is 0 Å². The molecule has 17 heavy (non-hydrogen) atoms. The highest BCUT2D eigenvalue weighted by atomic mass is 79.9. The van der Waals surface area contributed by atoms with Crippen LogP contribution in [0.25, 0.3) is 0 Å². The lowest BCUT2D eigenvalue weighted by Crippen LogP contribution is -2.31. The highest BCUT2D eigenvalue weighted by Gasteiger charge is 2.16. The van der Waals surface area contributed by atoms with E-state index < -0.39 is 0 Å². The molecule has 2 N–H and O–H groups in total. The summed E-state index contributed by atoms with van der Waals surface area (Å²) in [6.45, 7) is 1.76. The lowest BCUT2D eigenvalue weighted by Gasteiger charge is -2.10. The third-order valence-corrected chi connectivity index (χ3v) is 3.16. The molecule has 1 heterocycles. The summed E-state index contributed by atoms with van der Waals surface area (Å²) in [7, 11) is 0. The van der Waals surface area contributed by atoms with E-state index in [0.29, 0.717) is 6.42 Å². The van der Waals surface area contributed by atoms with Crippen molar-refractivity contribution in [3.05, 3.63) is 34.3 Å². The van der Waals surface area contributed by atoms with Crippen molar-refractivity contribution in [3.8, 4) is 0 Å². The number of amides is 1. The standard InChI is InChI=1S/C12H15BrN2O2/c13-10-3-1-9(2-4-10)7-12(16)15-17-11-5-6-14-8-11/h1-4,11,14H,5-8H2,(H,15,16). The van der Waals surface area contributed by atoms with Crippen molar-refractivity contribution >= 4 is 21.8 Å². The van der Waals surface area contributed by atoms with Gasteiger partial charge < -0.3 is 5.32 Å². The number of hydroxylamine groups is 1. The molecule has 0 aliphatic carbocycles. The lowest BCUT2D eigenvalue weighted by atomic mass is 10.1. The van der Waals surface area contributed by atoms with Crippen LogP contribution in [0, 0.1) is 0 Å². The van der Waals surface area contributed by atoms with Crippen LogP contribution < -0.4 is 10.8 Å². The zero-order chi connectivity index (χ0) is 12.1. The summed E-state index contributed by atoms with van der Waals surface area (Å²) in [5.41, 5.74) is 3.47. The van der Waals surface area contributed by atoms with E-state index in [1.165, 1.54) is 0 Å². The topological polar surface area (TPSA) is 50.4 Å². The summed E-state index contributed by atoms with van der Waals surface area (Å²) >= 11 is 3.35. The predicted molar refractivity (Wildman–Crippen MR) is 68.3 cm³/mol. The van der Waals surface area contributed by atoms with Gasteiger partial charge in [-0.25, -0.2) is 5.48 Å². The number of rotatable bonds is 4. The van der Waals surface area contributed by atoms with Gasteiger partial charge in [0.25, 0.3) is 0 Å². The second-order valence-corrected chi connectivity index (χ2v) is 4.98. The van der Waals surface area contributed by atoms with Crippen molar-refractivity contribution in [2.24, 2.45) is 0 Å². The molecular weight excluding hydrogens is 284 g/mol. The molecule has 1 saturated heterocycles. The van der Waals surface area contributed by atoms with Crippen LogP contribution >= 0.6 is 15.9 Å². The molecule has 1 amide bonds. The van der Waals surface area contributed by atoms with E-state index in [0.717, 1.165) is 29.5 Å². The normalized spacial score (nSPS) is 19.2. The van der Waals surface area contributed by atoms with Gasteiger partial charge in [-0.3, -0.25) is 9.63 Å². The number of hydrogen-bond acceptors (Lipinski definition) is 3. The fraction of sp³-hybridized carbons (Fsp3) is 0.417. The molecule has 1 aliphatic heterocycles. The summed E-state index contributed by atoms with van der Waals surface area (Å²) in [5.74, 6) is -0.112. The van der Waals surface area contributed by atoms with Crippen LogP contribution in [0.15, 0.2) is 28.7 Å². The summed E-state index contributed by atoms with van der Waals surface area (Å²) in [6, 6.07) is 7.68. The van der Waals surface area contributed by atoms with E-state index >= 15 is 0 Å². The number of carbonyl (C=O) groups excluding carboxylic acids is 1. The Labute approximate surface area is 109 Å². The van der Waals surface area contributed by atoms with E-state index in [1.54, 1.807) is 0 Å². The van der Waals surface area contributed by atoms with Gasteiger partial charge in [0.2, 0.25) is 5.91 Å². The van der Waals surface area contributed by atoms with Crippen molar-refractivity contribution in [1.29, 1.82) is 0 Å². The number of carbonyl (C=O) groups is 1. The van der Waals surface area contributed by atoms with E-state index in [1.807, 2.05) is 24.3 Å². The molecule has 2 rings (SSSR count). The SMILES string of the molecule is O=C(Cc1ccc(Br)cc1)NOC1CCNC1. The first kappa shape index (κ1) is 12.5. The van der Waals surface area contributed by atoms with Crippen LogP contribution in [-0.4, -0.2) is 25.1 Å². The Balaban J connectivity index is 1.74. The zero-order valence-electron chi connectivity index (χ0n) is 9.41. The van der Waals surface area contributed by atoms with Crippen LogP contribution in [0.1, 0.15) is 12.0 Å². The molecule has 1 aliphatic rings. The molecule has 0 aromatic heterocycles. The molecule has 1 fully saturated rings. The van der Waals surface area contributed by atoms with E-state index in [4.69, 9.17) is 4.84 Å². The van der Waals surface area contributed by atoms with Gasteiger partial charge in [-0.15, -0.1) is 0 Å². The fourth-order valence-electron chi connectivity index (χ4n) is 1.70. The molecule has 0 radical (unpaired) electrons. The zero-order valence-corrected chi connectivity index (χ0v) is 11.0. The van der Waals surface area contributed by atoms with Gasteiger partial charge in [0.1, 0.15) is 0 Å². The molecule has 1 aromatic rings. The lowest BCUT2D eigenvalue weighted by molar-refractivity contribution is -0.136. The maximum absolute atomic E-state index is 11.6. The molecule has 0 saturated carbocycles. The van der Waals surface area contributed by atoms with Crippen molar-refractivity contribution < 1.29 is 9.63 Å². The predicted octanol–water partition coefficient (Wildman–Crippen LogP) is 1.40. The van der Waals surface area contributed by atoms with E-state index in [-0.39, 0.29) is 12.0 Å². The van der Waals surface area contributed by atoms with Gasteiger partial charge in [0.05, 0.1) is 12.5 Å². The van der Waals surface area contributed by atoms with Crippen LogP contribution in [0.4, 0.5) is 0 Å². The Morgan fingerprint density at radius 1 is 1.47 bits per heavy atom. The minimum atomic E-state index is -0.112. The first-order valence-corrected chi connectivity index (χ1v) is 6.43. The first-order chi connectivity index (χ1) is 8.24. The molecule has 1 aromatic carbocycles. The minimum absolute atomic E-state index is 0.101. The average molecular weight is 299 g/mol. The minimum Gasteiger partial charge on any atom is -0.314 e. The average Bonchev–Trinajstić information content (AvgIpc) is 2.83. The molecule has 5 heteroatoms. The summed E-state index contributed by atoms with van der Waals surface area (Å²) in [5, 5.41) is 3.17. The Morgan fingerprint density at radius 2 is 2.24 bits per heavy atom. The van der Waals surface area contributed by atoms with Crippen molar-refractivity contribution in [2.45, 2.75) is 18.9 Å². The maximum atomic E-state index is 11.6. The van der Waals surface area contributed by atoms with Crippen LogP contribution in [0.5, 0.6) is 0 Å². The highest BCUT2D eigenvalue weighted by molar-refractivity contribution is 9.10. The second kappa shape index (κ2) is 6.14. The smallest absolute Gasteiger partial charge is 0.247 e. The molecule has 1 unspecified atom stereocenters. The Bertz CT molecular complexity index is 375. The van der Waals surface area contributed by atoms with Gasteiger partial charge >= 0.3 is 0 Å². The van der Waals surface area contributed by atoms with E-state index in [9.17, 15) is 4.79 Å². The van der Waals surface area contributed by atoms with Gasteiger partial charge in [-0.05, 0) is 30.7 Å². The first-order valence-electron chi connectivity index (χ1n) is 5.64. The Hall–Kier alpha value is -0.910. The second-order valence-electron chi connectivity index (χ2n) is 4.06. The number of hydrogen-bond donors (Lipinski definition) is 2. The molecule has 0 bridgehead atoms. The maximum Gasteiger partial charge on any atom is 0.247 e. The highest BCUT2D eigenvalue weighted by Crippen LogP contribution is 2.10. The molecule has 1 atom stereocenters. The third-order valence-electron chi connectivity index (χ3n) is 2.63. The summed E-state index contributed by atoms with van der Waals surface area (Å²) in [6.07, 6.45) is 1.38. The largest absolute Gasteiger partial charge is 0.314 e. The van der Waals surface area contributed by atoms with Gasteiger partial charge in [-0.2, -0.15) is 0 Å². The quantitative estimate of drug-likeness (QED) is 0.826.